The lowest BCUT2D eigenvalue weighted by Crippen LogP contribution is -2.34. The van der Waals surface area contributed by atoms with Gasteiger partial charge in [-0.2, -0.15) is 13.2 Å². The Morgan fingerprint density at radius 3 is 2.63 bits per heavy atom. The van der Waals surface area contributed by atoms with Crippen molar-refractivity contribution in [2.45, 2.75) is 25.9 Å². The third-order valence-corrected chi connectivity index (χ3v) is 4.81. The second-order valence-corrected chi connectivity index (χ2v) is 6.97. The first kappa shape index (κ1) is 19.4. The van der Waals surface area contributed by atoms with E-state index in [1.807, 2.05) is 4.90 Å². The zero-order valence-corrected chi connectivity index (χ0v) is 15.3. The number of rotatable bonds is 3. The number of alkyl halides is 3. The van der Waals surface area contributed by atoms with Crippen molar-refractivity contribution in [1.29, 1.82) is 0 Å². The molecular formula is C18H18ClF3N4O. The first-order valence-electron chi connectivity index (χ1n) is 8.50. The SMILES string of the molecule is CC1CCN(c2nccc(C(=O)Nc3cc(C(F)(F)F)ccc3Cl)n2)CC1. The molecule has 1 amide bonds. The lowest BCUT2D eigenvalue weighted by molar-refractivity contribution is -0.137. The summed E-state index contributed by atoms with van der Waals surface area (Å²) in [4.78, 5) is 22.9. The van der Waals surface area contributed by atoms with E-state index in [1.165, 1.54) is 12.3 Å². The van der Waals surface area contributed by atoms with Gasteiger partial charge in [-0.3, -0.25) is 4.79 Å². The molecule has 0 unspecified atom stereocenters. The minimum absolute atomic E-state index is 0.00986. The van der Waals surface area contributed by atoms with E-state index in [1.54, 1.807) is 0 Å². The van der Waals surface area contributed by atoms with Gasteiger partial charge in [0.15, 0.2) is 0 Å². The average Bonchev–Trinajstić information content (AvgIpc) is 2.63. The molecule has 2 heterocycles. The van der Waals surface area contributed by atoms with E-state index in [0.717, 1.165) is 44.1 Å². The quantitative estimate of drug-likeness (QED) is 0.818. The van der Waals surface area contributed by atoms with Crippen molar-refractivity contribution >= 4 is 29.1 Å². The van der Waals surface area contributed by atoms with Gasteiger partial charge in [-0.1, -0.05) is 18.5 Å². The highest BCUT2D eigenvalue weighted by Crippen LogP contribution is 2.34. The van der Waals surface area contributed by atoms with Crippen LogP contribution in [0.15, 0.2) is 30.5 Å². The Balaban J connectivity index is 1.78. The maximum Gasteiger partial charge on any atom is 0.416 e. The van der Waals surface area contributed by atoms with Crippen LogP contribution in [0.5, 0.6) is 0 Å². The summed E-state index contributed by atoms with van der Waals surface area (Å²) in [5, 5.41) is 2.41. The molecule has 0 bridgehead atoms. The van der Waals surface area contributed by atoms with Crippen LogP contribution in [0.2, 0.25) is 5.02 Å². The number of carbonyl (C=O) groups excluding carboxylic acids is 1. The van der Waals surface area contributed by atoms with E-state index in [2.05, 4.69) is 22.2 Å². The zero-order valence-electron chi connectivity index (χ0n) is 14.6. The van der Waals surface area contributed by atoms with Crippen molar-refractivity contribution in [3.05, 3.63) is 46.7 Å². The second kappa shape index (κ2) is 7.72. The van der Waals surface area contributed by atoms with E-state index in [0.29, 0.717) is 11.9 Å². The second-order valence-electron chi connectivity index (χ2n) is 6.56. The summed E-state index contributed by atoms with van der Waals surface area (Å²) in [5.74, 6) is 0.422. The molecule has 27 heavy (non-hydrogen) atoms. The van der Waals surface area contributed by atoms with Gasteiger partial charge >= 0.3 is 6.18 Å². The van der Waals surface area contributed by atoms with Gasteiger partial charge in [-0.05, 0) is 43.0 Å². The van der Waals surface area contributed by atoms with Gasteiger partial charge in [-0.25, -0.2) is 9.97 Å². The maximum atomic E-state index is 12.9. The molecule has 1 aromatic carbocycles. The fourth-order valence-electron chi connectivity index (χ4n) is 2.82. The predicted octanol–water partition coefficient (Wildman–Crippen LogP) is 4.64. The van der Waals surface area contributed by atoms with Gasteiger partial charge in [0.25, 0.3) is 5.91 Å². The topological polar surface area (TPSA) is 58.1 Å². The Morgan fingerprint density at radius 1 is 1.26 bits per heavy atom. The number of carbonyl (C=O) groups is 1. The van der Waals surface area contributed by atoms with Crippen LogP contribution in [-0.2, 0) is 6.18 Å². The van der Waals surface area contributed by atoms with Crippen molar-refractivity contribution < 1.29 is 18.0 Å². The summed E-state index contributed by atoms with van der Waals surface area (Å²) in [6, 6.07) is 4.17. The highest BCUT2D eigenvalue weighted by Gasteiger charge is 2.31. The Labute approximate surface area is 159 Å². The van der Waals surface area contributed by atoms with Crippen LogP contribution < -0.4 is 10.2 Å². The van der Waals surface area contributed by atoms with Crippen molar-refractivity contribution in [2.75, 3.05) is 23.3 Å². The molecule has 1 aliphatic heterocycles. The molecule has 0 atom stereocenters. The number of halogens is 4. The van der Waals surface area contributed by atoms with Crippen LogP contribution >= 0.6 is 11.6 Å². The average molecular weight is 399 g/mol. The fourth-order valence-corrected chi connectivity index (χ4v) is 2.98. The summed E-state index contributed by atoms with van der Waals surface area (Å²) in [6.07, 6.45) is -1.04. The van der Waals surface area contributed by atoms with Gasteiger partial charge in [0.05, 0.1) is 16.3 Å². The minimum Gasteiger partial charge on any atom is -0.341 e. The van der Waals surface area contributed by atoms with E-state index >= 15 is 0 Å². The number of anilines is 2. The molecule has 2 aromatic rings. The molecule has 144 valence electrons. The molecule has 1 aromatic heterocycles. The van der Waals surface area contributed by atoms with E-state index < -0.39 is 17.6 Å². The Hall–Kier alpha value is -2.35. The van der Waals surface area contributed by atoms with Crippen LogP contribution in [0, 0.1) is 5.92 Å². The minimum atomic E-state index is -4.53. The van der Waals surface area contributed by atoms with E-state index in [4.69, 9.17) is 11.6 Å². The van der Waals surface area contributed by atoms with Crippen LogP contribution in [0.25, 0.3) is 0 Å². The van der Waals surface area contributed by atoms with Crippen LogP contribution in [0.1, 0.15) is 35.8 Å². The number of piperidine rings is 1. The highest BCUT2D eigenvalue weighted by molar-refractivity contribution is 6.33. The summed E-state index contributed by atoms with van der Waals surface area (Å²) in [6.45, 7) is 3.78. The molecule has 9 heteroatoms. The smallest absolute Gasteiger partial charge is 0.341 e. The molecule has 3 rings (SSSR count). The molecule has 1 aliphatic rings. The van der Waals surface area contributed by atoms with Gasteiger partial charge < -0.3 is 10.2 Å². The summed E-state index contributed by atoms with van der Waals surface area (Å²) >= 11 is 5.92. The monoisotopic (exact) mass is 398 g/mol. The highest BCUT2D eigenvalue weighted by atomic mass is 35.5. The van der Waals surface area contributed by atoms with E-state index in [-0.39, 0.29) is 16.4 Å². The van der Waals surface area contributed by atoms with Gasteiger partial charge in [0, 0.05) is 19.3 Å². The molecule has 0 aliphatic carbocycles. The number of amides is 1. The van der Waals surface area contributed by atoms with Crippen LogP contribution in [0.4, 0.5) is 24.8 Å². The number of nitrogens with one attached hydrogen (secondary N) is 1. The predicted molar refractivity (Wildman–Crippen MR) is 97.1 cm³/mol. The normalized spacial score (nSPS) is 15.7. The molecule has 1 fully saturated rings. The number of nitrogens with zero attached hydrogens (tertiary/aromatic N) is 3. The molecule has 0 radical (unpaired) electrons. The largest absolute Gasteiger partial charge is 0.416 e. The maximum absolute atomic E-state index is 12.9. The van der Waals surface area contributed by atoms with Crippen LogP contribution in [-0.4, -0.2) is 29.0 Å². The van der Waals surface area contributed by atoms with Gasteiger partial charge in [-0.15, -0.1) is 0 Å². The number of benzene rings is 1. The Kier molecular flexibility index (Phi) is 5.55. The lowest BCUT2D eigenvalue weighted by atomic mass is 10.00. The zero-order chi connectivity index (χ0) is 19.6. The third-order valence-electron chi connectivity index (χ3n) is 4.48. The summed E-state index contributed by atoms with van der Waals surface area (Å²) < 4.78 is 38.6. The van der Waals surface area contributed by atoms with Crippen LogP contribution in [0.3, 0.4) is 0 Å². The summed E-state index contributed by atoms with van der Waals surface area (Å²) in [5.41, 5.74) is -0.955. The fraction of sp³-hybridized carbons (Fsp3) is 0.389. The Morgan fingerprint density at radius 2 is 1.96 bits per heavy atom. The first-order valence-corrected chi connectivity index (χ1v) is 8.88. The molecule has 1 N–H and O–H groups in total. The van der Waals surface area contributed by atoms with Crippen molar-refractivity contribution in [1.82, 2.24) is 9.97 Å². The standard InChI is InChI=1S/C18H18ClF3N4O/c1-11-5-8-26(9-6-11)17-23-7-4-14(25-17)16(27)24-15-10-12(18(20,21)22)2-3-13(15)19/h2-4,7,10-11H,5-6,8-9H2,1H3,(H,24,27). The lowest BCUT2D eigenvalue weighted by Gasteiger charge is -2.30. The number of hydrogen-bond acceptors (Lipinski definition) is 4. The molecular weight excluding hydrogens is 381 g/mol. The van der Waals surface area contributed by atoms with Crippen molar-refractivity contribution in [2.24, 2.45) is 5.92 Å². The third kappa shape index (κ3) is 4.68. The number of aromatic nitrogens is 2. The van der Waals surface area contributed by atoms with E-state index in [9.17, 15) is 18.0 Å². The molecule has 1 saturated heterocycles. The van der Waals surface area contributed by atoms with Gasteiger partial charge in [0.1, 0.15) is 5.69 Å². The first-order chi connectivity index (χ1) is 12.7. The van der Waals surface area contributed by atoms with Gasteiger partial charge in [0.2, 0.25) is 5.95 Å². The number of hydrogen-bond donors (Lipinski definition) is 1. The molecule has 5 nitrogen and oxygen atoms in total. The van der Waals surface area contributed by atoms with Crippen molar-refractivity contribution in [3.63, 3.8) is 0 Å². The molecule has 0 saturated carbocycles. The van der Waals surface area contributed by atoms with Crippen molar-refractivity contribution in [3.8, 4) is 0 Å². The molecule has 0 spiro atoms. The summed E-state index contributed by atoms with van der Waals surface area (Å²) in [7, 11) is 0. The Bertz CT molecular complexity index is 836.